The van der Waals surface area contributed by atoms with E-state index in [1.54, 1.807) is 0 Å². The second kappa shape index (κ2) is 6.57. The van der Waals surface area contributed by atoms with E-state index in [0.29, 0.717) is 31.6 Å². The fourth-order valence-electron chi connectivity index (χ4n) is 4.40. The normalized spacial score (nSPS) is 33.4. The highest BCUT2D eigenvalue weighted by Crippen LogP contribution is 2.47. The van der Waals surface area contributed by atoms with Crippen LogP contribution < -0.4 is 9.86 Å². The Bertz CT molecular complexity index is 764. The molecule has 3 aliphatic heterocycles. The van der Waals surface area contributed by atoms with Crippen LogP contribution in [0.4, 0.5) is 0 Å². The topological polar surface area (TPSA) is 153 Å². The molecule has 0 saturated carbocycles. The van der Waals surface area contributed by atoms with Crippen LogP contribution in [0.1, 0.15) is 20.3 Å². The minimum Gasteiger partial charge on any atom is -0.477 e. The van der Waals surface area contributed by atoms with E-state index >= 15 is 0 Å². The third-order valence-electron chi connectivity index (χ3n) is 5.52. The molecule has 1 amide bonds. The standard InChI is InChI=1S/C15H24N4O6S/c1-7-10(6-18-4-3-9(5-18)17-26(16,24)25)13(15(22)23)19-12(7)11(8(2)20)14(19)21/h7-9,11-12,17,20H,3-6H2,1-2H3,(H,22,23)(H2,16,24,25)/t7-,8+,9-,11+,12+/m0/s1. The number of nitrogens with zero attached hydrogens (tertiary/aromatic N) is 2. The zero-order chi connectivity index (χ0) is 19.4. The molecule has 26 heavy (non-hydrogen) atoms. The summed E-state index contributed by atoms with van der Waals surface area (Å²) in [6.07, 6.45) is -0.265. The van der Waals surface area contributed by atoms with Crippen LogP contribution in [0.5, 0.6) is 0 Å². The van der Waals surface area contributed by atoms with Crippen LogP contribution in [0, 0.1) is 11.8 Å². The number of aliphatic carboxylic acids is 1. The molecule has 5 atom stereocenters. The molecule has 0 radical (unpaired) electrons. The Morgan fingerprint density at radius 2 is 2.12 bits per heavy atom. The molecule has 146 valence electrons. The molecule has 3 rings (SSSR count). The molecule has 0 aromatic rings. The lowest BCUT2D eigenvalue weighted by Gasteiger charge is -2.46. The van der Waals surface area contributed by atoms with Crippen molar-refractivity contribution in [2.75, 3.05) is 19.6 Å². The van der Waals surface area contributed by atoms with Gasteiger partial charge >= 0.3 is 5.97 Å². The van der Waals surface area contributed by atoms with Gasteiger partial charge in [0, 0.05) is 31.6 Å². The number of carboxylic acid groups (broad SMARTS) is 1. The second-order valence-electron chi connectivity index (χ2n) is 7.32. The molecule has 0 aromatic heterocycles. The molecular formula is C15H24N4O6S. The summed E-state index contributed by atoms with van der Waals surface area (Å²) < 4.78 is 24.7. The monoisotopic (exact) mass is 388 g/mol. The minimum atomic E-state index is -3.79. The summed E-state index contributed by atoms with van der Waals surface area (Å²) >= 11 is 0. The summed E-state index contributed by atoms with van der Waals surface area (Å²) in [4.78, 5) is 27.3. The number of hydrogen-bond acceptors (Lipinski definition) is 6. The van der Waals surface area contributed by atoms with Gasteiger partial charge in [-0.15, -0.1) is 0 Å². The number of hydrogen-bond donors (Lipinski definition) is 4. The van der Waals surface area contributed by atoms with Gasteiger partial charge in [-0.05, 0) is 18.9 Å². The molecule has 0 spiro atoms. The van der Waals surface area contributed by atoms with Gasteiger partial charge in [0.1, 0.15) is 5.70 Å². The lowest BCUT2D eigenvalue weighted by Crippen LogP contribution is -2.63. The Morgan fingerprint density at radius 3 is 2.65 bits per heavy atom. The Hall–Kier alpha value is -1.53. The van der Waals surface area contributed by atoms with Crippen molar-refractivity contribution in [2.24, 2.45) is 17.0 Å². The quantitative estimate of drug-likeness (QED) is 0.386. The van der Waals surface area contributed by atoms with E-state index in [4.69, 9.17) is 5.14 Å². The molecule has 3 heterocycles. The van der Waals surface area contributed by atoms with Crippen molar-refractivity contribution in [1.29, 1.82) is 0 Å². The molecule has 10 nitrogen and oxygen atoms in total. The number of carboxylic acids is 1. The lowest BCUT2D eigenvalue weighted by atomic mass is 9.77. The van der Waals surface area contributed by atoms with Crippen molar-refractivity contribution in [2.45, 2.75) is 38.5 Å². The molecular weight excluding hydrogens is 364 g/mol. The summed E-state index contributed by atoms with van der Waals surface area (Å²) in [5.74, 6) is -2.31. The lowest BCUT2D eigenvalue weighted by molar-refractivity contribution is -0.163. The largest absolute Gasteiger partial charge is 0.477 e. The Kier molecular flexibility index (Phi) is 4.86. The van der Waals surface area contributed by atoms with Crippen molar-refractivity contribution in [3.63, 3.8) is 0 Å². The van der Waals surface area contributed by atoms with Crippen LogP contribution in [0.15, 0.2) is 11.3 Å². The molecule has 2 fully saturated rings. The van der Waals surface area contributed by atoms with Crippen molar-refractivity contribution >= 4 is 22.1 Å². The Morgan fingerprint density at radius 1 is 1.46 bits per heavy atom. The van der Waals surface area contributed by atoms with Gasteiger partial charge in [-0.25, -0.2) is 9.93 Å². The molecule has 0 bridgehead atoms. The first-order chi connectivity index (χ1) is 12.0. The average Bonchev–Trinajstić information content (AvgIpc) is 3.00. The van der Waals surface area contributed by atoms with Gasteiger partial charge in [-0.3, -0.25) is 9.69 Å². The number of fused-ring (bicyclic) bond motifs is 1. The highest BCUT2D eigenvalue weighted by molar-refractivity contribution is 7.87. The number of carbonyl (C=O) groups is 2. The van der Waals surface area contributed by atoms with Gasteiger partial charge in [0.2, 0.25) is 5.91 Å². The number of likely N-dealkylation sites (tertiary alicyclic amines) is 1. The fourth-order valence-corrected chi connectivity index (χ4v) is 5.06. The van der Waals surface area contributed by atoms with Gasteiger partial charge in [-0.1, -0.05) is 6.92 Å². The first-order valence-electron chi connectivity index (χ1n) is 8.51. The molecule has 2 saturated heterocycles. The fraction of sp³-hybridized carbons (Fsp3) is 0.733. The number of aliphatic hydroxyl groups is 1. The van der Waals surface area contributed by atoms with Crippen LogP contribution in [-0.2, 0) is 19.8 Å². The summed E-state index contributed by atoms with van der Waals surface area (Å²) in [6, 6.07) is -0.663. The van der Waals surface area contributed by atoms with E-state index in [1.807, 2.05) is 11.8 Å². The Labute approximate surface area is 151 Å². The van der Waals surface area contributed by atoms with E-state index in [1.165, 1.54) is 11.8 Å². The Balaban J connectivity index is 1.77. The summed E-state index contributed by atoms with van der Waals surface area (Å²) in [7, 11) is -3.79. The highest BCUT2D eigenvalue weighted by atomic mass is 32.2. The number of nitrogens with one attached hydrogen (secondary N) is 1. The number of carbonyl (C=O) groups excluding carboxylic acids is 1. The van der Waals surface area contributed by atoms with Gasteiger partial charge in [-0.2, -0.15) is 13.1 Å². The second-order valence-corrected chi connectivity index (χ2v) is 8.64. The number of β-lactam (4-membered cyclic amide) rings is 1. The summed E-state index contributed by atoms with van der Waals surface area (Å²) in [5.41, 5.74) is 0.627. The predicted octanol–water partition coefficient (Wildman–Crippen LogP) is -1.95. The molecule has 11 heteroatoms. The number of nitrogens with two attached hydrogens (primary N) is 1. The molecule has 3 aliphatic rings. The van der Waals surface area contributed by atoms with E-state index in [9.17, 15) is 28.2 Å². The SMILES string of the molecule is C[C@@H](O)[C@H]1C(=O)N2C(C(=O)O)=C(CN3CC[C@H](NS(N)(=O)=O)C3)[C@H](C)[C@H]12. The van der Waals surface area contributed by atoms with Crippen molar-refractivity contribution in [3.05, 3.63) is 11.3 Å². The smallest absolute Gasteiger partial charge is 0.352 e. The number of rotatable bonds is 6. The number of aliphatic hydroxyl groups excluding tert-OH is 1. The zero-order valence-electron chi connectivity index (χ0n) is 14.6. The van der Waals surface area contributed by atoms with Crippen LogP contribution in [0.25, 0.3) is 0 Å². The average molecular weight is 388 g/mol. The van der Waals surface area contributed by atoms with E-state index in [-0.39, 0.29) is 29.6 Å². The molecule has 5 N–H and O–H groups in total. The van der Waals surface area contributed by atoms with Crippen molar-refractivity contribution in [3.8, 4) is 0 Å². The minimum absolute atomic E-state index is 0.00717. The zero-order valence-corrected chi connectivity index (χ0v) is 15.4. The van der Waals surface area contributed by atoms with Gasteiger partial charge < -0.3 is 15.1 Å². The summed E-state index contributed by atoms with van der Waals surface area (Å²) in [5, 5.41) is 24.4. The van der Waals surface area contributed by atoms with Crippen molar-refractivity contribution < 1.29 is 28.2 Å². The van der Waals surface area contributed by atoms with Gasteiger partial charge in [0.05, 0.1) is 18.1 Å². The van der Waals surface area contributed by atoms with Crippen LogP contribution in [0.2, 0.25) is 0 Å². The summed E-state index contributed by atoms with van der Waals surface area (Å²) in [6.45, 7) is 4.74. The van der Waals surface area contributed by atoms with Gasteiger partial charge in [0.15, 0.2) is 0 Å². The first-order valence-corrected chi connectivity index (χ1v) is 10.1. The van der Waals surface area contributed by atoms with E-state index in [2.05, 4.69) is 4.72 Å². The van der Waals surface area contributed by atoms with Crippen LogP contribution >= 0.6 is 0 Å². The van der Waals surface area contributed by atoms with Crippen LogP contribution in [-0.4, -0.2) is 78.1 Å². The third kappa shape index (κ3) is 3.25. The van der Waals surface area contributed by atoms with Crippen molar-refractivity contribution in [1.82, 2.24) is 14.5 Å². The van der Waals surface area contributed by atoms with Crippen LogP contribution in [0.3, 0.4) is 0 Å². The number of amides is 1. The van der Waals surface area contributed by atoms with E-state index < -0.39 is 28.2 Å². The highest BCUT2D eigenvalue weighted by Gasteiger charge is 2.59. The maximum absolute atomic E-state index is 12.3. The third-order valence-corrected chi connectivity index (χ3v) is 6.18. The molecule has 0 aliphatic carbocycles. The maximum Gasteiger partial charge on any atom is 0.352 e. The first kappa shape index (κ1) is 19.2. The maximum atomic E-state index is 12.3. The molecule has 0 unspecified atom stereocenters. The van der Waals surface area contributed by atoms with Gasteiger partial charge in [0.25, 0.3) is 10.2 Å². The van der Waals surface area contributed by atoms with E-state index in [0.717, 1.165) is 0 Å². The molecule has 0 aromatic carbocycles. The predicted molar refractivity (Wildman–Crippen MR) is 90.7 cm³/mol.